The Hall–Kier alpha value is -3.04. The minimum absolute atomic E-state index is 0.0553. The van der Waals surface area contributed by atoms with E-state index >= 15 is 0 Å². The van der Waals surface area contributed by atoms with Gasteiger partial charge in [-0.25, -0.2) is 4.99 Å². The number of aliphatic imine (C=N–C) groups is 1. The molecule has 35 heavy (non-hydrogen) atoms. The second kappa shape index (κ2) is 19.3. The Labute approximate surface area is 214 Å². The first-order valence-electron chi connectivity index (χ1n) is 11.2. The van der Waals surface area contributed by atoms with Gasteiger partial charge in [0.25, 0.3) is 11.8 Å². The Morgan fingerprint density at radius 2 is 1.86 bits per heavy atom. The van der Waals surface area contributed by atoms with Crippen molar-refractivity contribution in [3.8, 4) is 0 Å². The molecule has 0 spiro atoms. The van der Waals surface area contributed by atoms with E-state index in [0.717, 1.165) is 24.8 Å². The Balaban J connectivity index is 0.00000274. The highest BCUT2D eigenvalue weighted by atomic mass is 35.5. The highest BCUT2D eigenvalue weighted by Gasteiger charge is 2.22. The molecule has 0 bridgehead atoms. The average molecular weight is 504 g/mol. The van der Waals surface area contributed by atoms with Crippen molar-refractivity contribution in [2.75, 3.05) is 27.2 Å². The van der Waals surface area contributed by atoms with Crippen molar-refractivity contribution in [1.82, 2.24) is 10.2 Å². The topological polar surface area (TPSA) is 123 Å². The van der Waals surface area contributed by atoms with Gasteiger partial charge in [0.1, 0.15) is 5.57 Å². The smallest absolute Gasteiger partial charge is 0.283 e. The van der Waals surface area contributed by atoms with Crippen molar-refractivity contribution < 1.29 is 14.3 Å². The van der Waals surface area contributed by atoms with Crippen LogP contribution >= 0.6 is 11.6 Å². The molecule has 1 saturated heterocycles. The first-order chi connectivity index (χ1) is 17.0. The number of hydrogen-bond acceptors (Lipinski definition) is 6. The Kier molecular flexibility index (Phi) is 17.6. The second-order valence-electron chi connectivity index (χ2n) is 6.99. The fourth-order valence-electron chi connectivity index (χ4n) is 3.12. The molecule has 0 saturated carbocycles. The monoisotopic (exact) mass is 503 g/mol. The summed E-state index contributed by atoms with van der Waals surface area (Å²) in [4.78, 5) is 30.4. The van der Waals surface area contributed by atoms with Crippen LogP contribution in [0.15, 0.2) is 78.1 Å². The van der Waals surface area contributed by atoms with Crippen molar-refractivity contribution in [1.29, 1.82) is 0 Å². The first-order valence-corrected chi connectivity index (χ1v) is 11.6. The van der Waals surface area contributed by atoms with Crippen LogP contribution in [0.3, 0.4) is 0 Å². The molecule has 1 aliphatic heterocycles. The number of rotatable bonds is 10. The number of nitrogens with one attached hydrogen (secondary N) is 1. The van der Waals surface area contributed by atoms with Crippen LogP contribution in [0.5, 0.6) is 0 Å². The number of benzene rings is 1. The van der Waals surface area contributed by atoms with Gasteiger partial charge in [0.2, 0.25) is 0 Å². The van der Waals surface area contributed by atoms with Crippen molar-refractivity contribution in [2.45, 2.75) is 31.9 Å². The quantitative estimate of drug-likeness (QED) is 0.148. The van der Waals surface area contributed by atoms with E-state index in [-0.39, 0.29) is 11.7 Å². The number of nitrogens with zero attached hydrogens (tertiary/aromatic N) is 2. The molecule has 192 valence electrons. The average Bonchev–Trinajstić information content (AvgIpc) is 2.92. The first kappa shape index (κ1) is 32.0. The molecule has 8 nitrogen and oxygen atoms in total. The lowest BCUT2D eigenvalue weighted by Crippen LogP contribution is -2.37. The molecule has 0 aliphatic carbocycles. The summed E-state index contributed by atoms with van der Waals surface area (Å²) in [6.07, 6.45) is 9.31. The van der Waals surface area contributed by atoms with Gasteiger partial charge in [0, 0.05) is 36.6 Å². The summed E-state index contributed by atoms with van der Waals surface area (Å²) in [7, 11) is 3.00. The maximum atomic E-state index is 12.8. The Bertz CT molecular complexity index is 875. The van der Waals surface area contributed by atoms with Crippen LogP contribution < -0.4 is 16.8 Å². The third-order valence-electron chi connectivity index (χ3n) is 4.76. The number of carbonyl (C=O) groups excluding carboxylic acids is 2. The van der Waals surface area contributed by atoms with E-state index in [0.29, 0.717) is 30.4 Å². The fraction of sp³-hybridized carbons (Fsp3) is 0.346. The van der Waals surface area contributed by atoms with Crippen LogP contribution in [0.4, 0.5) is 0 Å². The zero-order valence-electron chi connectivity index (χ0n) is 20.7. The minimum Gasteiger partial charge on any atom is -0.376 e. The number of amides is 2. The lowest BCUT2D eigenvalue weighted by atomic mass is 10.1. The number of carbonyl (C=O) groups is 2. The molecule has 9 heteroatoms. The van der Waals surface area contributed by atoms with E-state index in [1.165, 1.54) is 20.3 Å². The molecule has 0 radical (unpaired) electrons. The van der Waals surface area contributed by atoms with Crippen molar-refractivity contribution in [2.24, 2.45) is 16.5 Å². The van der Waals surface area contributed by atoms with Gasteiger partial charge in [0.05, 0.1) is 6.10 Å². The Morgan fingerprint density at radius 1 is 1.20 bits per heavy atom. The molecule has 1 aromatic rings. The van der Waals surface area contributed by atoms with Crippen LogP contribution in [-0.2, 0) is 20.9 Å². The third kappa shape index (κ3) is 11.8. The third-order valence-corrected chi connectivity index (χ3v) is 5.02. The number of nitrogens with two attached hydrogens (primary N) is 2. The number of allylic oxidation sites excluding steroid dienone is 3. The number of ether oxygens (including phenoxy) is 1. The van der Waals surface area contributed by atoms with Crippen molar-refractivity contribution in [3.05, 3.63) is 83.7 Å². The summed E-state index contributed by atoms with van der Waals surface area (Å²) in [5.74, 6) is -1.25. The summed E-state index contributed by atoms with van der Waals surface area (Å²) in [6, 6.07) is 7.28. The Morgan fingerprint density at radius 3 is 2.37 bits per heavy atom. The molecule has 5 N–H and O–H groups in total. The second-order valence-corrected chi connectivity index (χ2v) is 7.43. The predicted molar refractivity (Wildman–Crippen MR) is 145 cm³/mol. The summed E-state index contributed by atoms with van der Waals surface area (Å²) in [5, 5.41) is 3.40. The van der Waals surface area contributed by atoms with Gasteiger partial charge in [-0.05, 0) is 69.9 Å². The molecule has 1 heterocycles. The van der Waals surface area contributed by atoms with Crippen LogP contribution in [-0.4, -0.2) is 56.8 Å². The van der Waals surface area contributed by atoms with Crippen LogP contribution in [0.1, 0.15) is 24.8 Å². The van der Waals surface area contributed by atoms with Crippen LogP contribution in [0, 0.1) is 0 Å². The predicted octanol–water partition coefficient (Wildman–Crippen LogP) is 3.34. The lowest BCUT2D eigenvalue weighted by Gasteiger charge is -2.24. The van der Waals surface area contributed by atoms with Gasteiger partial charge in [0.15, 0.2) is 0 Å². The largest absolute Gasteiger partial charge is 0.376 e. The maximum Gasteiger partial charge on any atom is 0.283 e. The van der Waals surface area contributed by atoms with E-state index < -0.39 is 11.8 Å². The van der Waals surface area contributed by atoms with Gasteiger partial charge in [-0.1, -0.05) is 43.0 Å². The van der Waals surface area contributed by atoms with Gasteiger partial charge in [-0.2, -0.15) is 0 Å². The molecule has 1 unspecified atom stereocenters. The van der Waals surface area contributed by atoms with E-state index in [9.17, 15) is 9.59 Å². The lowest BCUT2D eigenvalue weighted by molar-refractivity contribution is -0.122. The zero-order valence-corrected chi connectivity index (χ0v) is 21.5. The highest BCUT2D eigenvalue weighted by molar-refractivity contribution is 6.30. The highest BCUT2D eigenvalue weighted by Crippen LogP contribution is 2.18. The fourth-order valence-corrected chi connectivity index (χ4v) is 3.25. The molecule has 2 rings (SSSR count). The van der Waals surface area contributed by atoms with Gasteiger partial charge >= 0.3 is 0 Å². The minimum atomic E-state index is -0.717. The van der Waals surface area contributed by atoms with E-state index in [2.05, 4.69) is 41.7 Å². The zero-order chi connectivity index (χ0) is 26.6. The number of hydrogen-bond donors (Lipinski definition) is 3. The van der Waals surface area contributed by atoms with Crippen LogP contribution in [0.2, 0.25) is 5.02 Å². The molecule has 2 amide bonds. The molecule has 1 atom stereocenters. The van der Waals surface area contributed by atoms with Crippen molar-refractivity contribution >= 4 is 30.1 Å². The molecule has 1 aliphatic rings. The van der Waals surface area contributed by atoms with Gasteiger partial charge in [-0.3, -0.25) is 9.59 Å². The van der Waals surface area contributed by atoms with Gasteiger partial charge in [-0.15, -0.1) is 0 Å². The molecule has 1 fully saturated rings. The summed E-state index contributed by atoms with van der Waals surface area (Å²) < 4.78 is 5.64. The molecular weight excluding hydrogens is 466 g/mol. The summed E-state index contributed by atoms with van der Waals surface area (Å²) >= 11 is 5.98. The standard InChI is InChI=1S/C24H28ClN3O3.2CH5N/c1-4-8-20(5-2)28(16-18-10-12-19(25)13-11-18)17-22(23(29)26-3)24(30)27-15-21-9-6-7-14-31-21;2*1-2/h4-5,8,10-13,17,21H,1-3,6-7,9,14-16H2,(H,27,30);2*2H2,1H3/b20-8+,22-17+;;. The summed E-state index contributed by atoms with van der Waals surface area (Å²) in [6.45, 7) is 12.2. The molecule has 1 aromatic carbocycles. The van der Waals surface area contributed by atoms with Crippen LogP contribution in [0.25, 0.3) is 0 Å². The van der Waals surface area contributed by atoms with E-state index in [4.69, 9.17) is 16.3 Å². The van der Waals surface area contributed by atoms with Crippen molar-refractivity contribution in [3.63, 3.8) is 0 Å². The van der Waals surface area contributed by atoms with E-state index in [1.807, 2.05) is 12.1 Å². The molecule has 0 aromatic heterocycles. The van der Waals surface area contributed by atoms with Gasteiger partial charge < -0.3 is 26.4 Å². The normalized spacial score (nSPS) is 15.3. The number of halogens is 1. The summed E-state index contributed by atoms with van der Waals surface area (Å²) in [5.41, 5.74) is 10.5. The molecular formula is C26H38ClN5O3. The SMILES string of the molecule is C=C/C=C(\C=C)N(/C=C(\C(=O)N=C)C(=O)NCC1CCCCO1)Cc1ccc(Cl)cc1.CN.CN. The van der Waals surface area contributed by atoms with E-state index in [1.54, 1.807) is 35.3 Å². The maximum absolute atomic E-state index is 12.8.